The largest absolute Gasteiger partial charge is 0.492 e. The van der Waals surface area contributed by atoms with E-state index in [1.54, 1.807) is 11.3 Å². The summed E-state index contributed by atoms with van der Waals surface area (Å²) in [5.74, 6) is 1.34. The SMILES string of the molecule is CCOc1ccccc1NC(=O)C(C)Sc1n[nH]c(Cc2cccs2)n1. The molecule has 0 fully saturated rings. The molecule has 1 amide bonds. The van der Waals surface area contributed by atoms with Crippen molar-refractivity contribution in [1.29, 1.82) is 0 Å². The fourth-order valence-electron chi connectivity index (χ4n) is 2.29. The van der Waals surface area contributed by atoms with Gasteiger partial charge in [-0.05, 0) is 37.4 Å². The van der Waals surface area contributed by atoms with Gasteiger partial charge in [-0.3, -0.25) is 9.89 Å². The highest BCUT2D eigenvalue weighted by molar-refractivity contribution is 8.00. The lowest BCUT2D eigenvalue weighted by atomic mass is 10.3. The second-order valence-corrected chi connectivity index (χ2v) is 7.84. The van der Waals surface area contributed by atoms with Crippen LogP contribution >= 0.6 is 23.1 Å². The van der Waals surface area contributed by atoms with Crippen molar-refractivity contribution >= 4 is 34.7 Å². The highest BCUT2D eigenvalue weighted by Gasteiger charge is 2.18. The van der Waals surface area contributed by atoms with Crippen molar-refractivity contribution in [3.8, 4) is 5.75 Å². The number of hydrogen-bond donors (Lipinski definition) is 2. The second kappa shape index (κ2) is 8.86. The number of amides is 1. The first-order valence-electron chi connectivity index (χ1n) is 8.28. The van der Waals surface area contributed by atoms with Gasteiger partial charge in [0.2, 0.25) is 11.1 Å². The molecule has 1 atom stereocenters. The maximum atomic E-state index is 12.5. The van der Waals surface area contributed by atoms with Crippen LogP contribution in [0.1, 0.15) is 24.5 Å². The number of nitrogens with one attached hydrogen (secondary N) is 2. The van der Waals surface area contributed by atoms with Crippen molar-refractivity contribution in [1.82, 2.24) is 15.2 Å². The molecular weight excluding hydrogens is 368 g/mol. The summed E-state index contributed by atoms with van der Waals surface area (Å²) >= 11 is 3.00. The highest BCUT2D eigenvalue weighted by atomic mass is 32.2. The summed E-state index contributed by atoms with van der Waals surface area (Å²) in [4.78, 5) is 18.2. The van der Waals surface area contributed by atoms with E-state index in [1.165, 1.54) is 16.6 Å². The number of nitrogens with zero attached hydrogens (tertiary/aromatic N) is 2. The Hall–Kier alpha value is -2.32. The number of carbonyl (C=O) groups excluding carboxylic acids is 1. The number of hydrogen-bond acceptors (Lipinski definition) is 6. The first-order chi connectivity index (χ1) is 12.7. The summed E-state index contributed by atoms with van der Waals surface area (Å²) in [6.45, 7) is 4.29. The average molecular weight is 389 g/mol. The Balaban J connectivity index is 1.58. The van der Waals surface area contributed by atoms with E-state index in [4.69, 9.17) is 4.74 Å². The minimum atomic E-state index is -0.338. The fourth-order valence-corrected chi connectivity index (χ4v) is 3.74. The number of ether oxygens (including phenoxy) is 1. The number of thioether (sulfide) groups is 1. The van der Waals surface area contributed by atoms with Crippen LogP contribution in [0.15, 0.2) is 46.9 Å². The van der Waals surface area contributed by atoms with Crippen LogP contribution in [0.2, 0.25) is 0 Å². The molecule has 8 heteroatoms. The molecule has 136 valence electrons. The van der Waals surface area contributed by atoms with Gasteiger partial charge in [-0.2, -0.15) is 0 Å². The Kier molecular flexibility index (Phi) is 6.30. The van der Waals surface area contributed by atoms with Gasteiger partial charge in [-0.25, -0.2) is 4.98 Å². The lowest BCUT2D eigenvalue weighted by Gasteiger charge is -2.13. The van der Waals surface area contributed by atoms with E-state index in [-0.39, 0.29) is 11.2 Å². The molecule has 1 aromatic carbocycles. The smallest absolute Gasteiger partial charge is 0.237 e. The normalized spacial score (nSPS) is 11.9. The Bertz CT molecular complexity index is 849. The zero-order valence-electron chi connectivity index (χ0n) is 14.6. The summed E-state index contributed by atoms with van der Waals surface area (Å²) in [5.41, 5.74) is 0.667. The molecule has 3 aromatic rings. The monoisotopic (exact) mass is 388 g/mol. The Morgan fingerprint density at radius 3 is 2.96 bits per heavy atom. The van der Waals surface area contributed by atoms with Gasteiger partial charge >= 0.3 is 0 Å². The van der Waals surface area contributed by atoms with Gasteiger partial charge in [0.1, 0.15) is 11.6 Å². The summed E-state index contributed by atoms with van der Waals surface area (Å²) in [7, 11) is 0. The summed E-state index contributed by atoms with van der Waals surface area (Å²) in [5, 5.41) is 12.3. The minimum absolute atomic E-state index is 0.119. The minimum Gasteiger partial charge on any atom is -0.492 e. The van der Waals surface area contributed by atoms with Gasteiger partial charge in [0, 0.05) is 11.3 Å². The van der Waals surface area contributed by atoms with Crippen molar-refractivity contribution in [3.63, 3.8) is 0 Å². The first-order valence-corrected chi connectivity index (χ1v) is 10.0. The number of H-pyrrole nitrogens is 1. The number of aromatic nitrogens is 3. The van der Waals surface area contributed by atoms with Crippen molar-refractivity contribution < 1.29 is 9.53 Å². The van der Waals surface area contributed by atoms with E-state index in [0.29, 0.717) is 29.6 Å². The predicted molar refractivity (Wildman–Crippen MR) is 105 cm³/mol. The maximum Gasteiger partial charge on any atom is 0.237 e. The zero-order chi connectivity index (χ0) is 18.4. The Labute approximate surface area is 160 Å². The van der Waals surface area contributed by atoms with Crippen LogP contribution < -0.4 is 10.1 Å². The zero-order valence-corrected chi connectivity index (χ0v) is 16.2. The quantitative estimate of drug-likeness (QED) is 0.571. The second-order valence-electron chi connectivity index (χ2n) is 5.50. The summed E-state index contributed by atoms with van der Waals surface area (Å²) in [6.07, 6.45) is 0.716. The molecule has 1 unspecified atom stereocenters. The molecule has 2 heterocycles. The summed E-state index contributed by atoms with van der Waals surface area (Å²) < 4.78 is 5.54. The fraction of sp³-hybridized carbons (Fsp3) is 0.278. The van der Waals surface area contributed by atoms with E-state index in [9.17, 15) is 4.79 Å². The molecule has 0 aliphatic heterocycles. The molecule has 0 saturated heterocycles. The number of rotatable bonds is 8. The number of thiophene rings is 1. The maximum absolute atomic E-state index is 12.5. The number of benzene rings is 1. The van der Waals surface area contributed by atoms with Gasteiger partial charge in [0.05, 0.1) is 17.5 Å². The average Bonchev–Trinajstić information content (AvgIpc) is 3.29. The van der Waals surface area contributed by atoms with Crippen LogP contribution in [-0.4, -0.2) is 32.9 Å². The lowest BCUT2D eigenvalue weighted by molar-refractivity contribution is -0.115. The summed E-state index contributed by atoms with van der Waals surface area (Å²) in [6, 6.07) is 11.5. The number of aromatic amines is 1. The number of anilines is 1. The molecular formula is C18H20N4O2S2. The van der Waals surface area contributed by atoms with Gasteiger partial charge in [-0.1, -0.05) is 30.0 Å². The van der Waals surface area contributed by atoms with Gasteiger partial charge in [0.15, 0.2) is 0 Å². The molecule has 26 heavy (non-hydrogen) atoms. The molecule has 0 radical (unpaired) electrons. The van der Waals surface area contributed by atoms with Crippen LogP contribution in [0.5, 0.6) is 5.75 Å². The molecule has 3 rings (SSSR count). The van der Waals surface area contributed by atoms with Gasteiger partial charge in [-0.15, -0.1) is 16.4 Å². The Morgan fingerprint density at radius 2 is 2.19 bits per heavy atom. The van der Waals surface area contributed by atoms with Crippen LogP contribution in [-0.2, 0) is 11.2 Å². The van der Waals surface area contributed by atoms with Crippen LogP contribution in [0.3, 0.4) is 0 Å². The lowest BCUT2D eigenvalue weighted by Crippen LogP contribution is -2.22. The van der Waals surface area contributed by atoms with E-state index >= 15 is 0 Å². The first kappa shape index (κ1) is 18.5. The van der Waals surface area contributed by atoms with Crippen molar-refractivity contribution in [2.24, 2.45) is 0 Å². The highest BCUT2D eigenvalue weighted by Crippen LogP contribution is 2.26. The van der Waals surface area contributed by atoms with E-state index < -0.39 is 0 Å². The third-order valence-corrected chi connectivity index (χ3v) is 5.37. The van der Waals surface area contributed by atoms with Gasteiger partial charge in [0.25, 0.3) is 0 Å². The van der Waals surface area contributed by atoms with Crippen LogP contribution in [0, 0.1) is 0 Å². The molecule has 0 aliphatic carbocycles. The third kappa shape index (κ3) is 4.86. The molecule has 0 spiro atoms. The third-order valence-electron chi connectivity index (χ3n) is 3.53. The Morgan fingerprint density at radius 1 is 1.35 bits per heavy atom. The van der Waals surface area contributed by atoms with E-state index in [2.05, 4.69) is 26.6 Å². The van der Waals surface area contributed by atoms with Crippen molar-refractivity contribution in [2.75, 3.05) is 11.9 Å². The number of carbonyl (C=O) groups is 1. The number of para-hydroxylation sites is 2. The molecule has 2 N–H and O–H groups in total. The molecule has 0 bridgehead atoms. The van der Waals surface area contributed by atoms with E-state index in [0.717, 1.165) is 5.82 Å². The molecule has 0 saturated carbocycles. The van der Waals surface area contributed by atoms with Crippen molar-refractivity contribution in [3.05, 3.63) is 52.5 Å². The topological polar surface area (TPSA) is 79.9 Å². The molecule has 6 nitrogen and oxygen atoms in total. The molecule has 0 aliphatic rings. The van der Waals surface area contributed by atoms with Crippen LogP contribution in [0.4, 0.5) is 5.69 Å². The van der Waals surface area contributed by atoms with Crippen LogP contribution in [0.25, 0.3) is 0 Å². The van der Waals surface area contributed by atoms with E-state index in [1.807, 2.05) is 49.6 Å². The van der Waals surface area contributed by atoms with Gasteiger partial charge < -0.3 is 10.1 Å². The standard InChI is InChI=1S/C18H20N4O2S2/c1-3-24-15-9-5-4-8-14(15)19-17(23)12(2)26-18-20-16(21-22-18)11-13-7-6-10-25-13/h4-10,12H,3,11H2,1-2H3,(H,19,23)(H,20,21,22). The van der Waals surface area contributed by atoms with Crippen molar-refractivity contribution in [2.45, 2.75) is 30.7 Å². The predicted octanol–water partition coefficient (Wildman–Crippen LogP) is 3.98. The molecule has 2 aromatic heterocycles.